The Bertz CT molecular complexity index is 1000. The summed E-state index contributed by atoms with van der Waals surface area (Å²) in [6, 6.07) is 4.12. The number of fused-ring (bicyclic) bond motifs is 1. The second-order valence-corrected chi connectivity index (χ2v) is 5.43. The Kier molecular flexibility index (Phi) is 3.37. The molecule has 22 heavy (non-hydrogen) atoms. The van der Waals surface area contributed by atoms with Gasteiger partial charge >= 0.3 is 5.69 Å². The van der Waals surface area contributed by atoms with Crippen LogP contribution in [0, 0.1) is 5.82 Å². The molecule has 0 radical (unpaired) electrons. The first-order valence-electron chi connectivity index (χ1n) is 6.45. The summed E-state index contributed by atoms with van der Waals surface area (Å²) in [4.78, 5) is 28.9. The van der Waals surface area contributed by atoms with Crippen LogP contribution in [-0.4, -0.2) is 18.7 Å². The largest absolute Gasteiger partial charge is 0.332 e. The first kappa shape index (κ1) is 14.5. The number of imidazole rings is 1. The van der Waals surface area contributed by atoms with Crippen LogP contribution in [0.4, 0.5) is 4.39 Å². The van der Waals surface area contributed by atoms with Gasteiger partial charge in [0.05, 0.1) is 12.9 Å². The van der Waals surface area contributed by atoms with Gasteiger partial charge in [-0.25, -0.2) is 14.2 Å². The Morgan fingerprint density at radius 2 is 2.00 bits per heavy atom. The Hall–Kier alpha value is -2.41. The Balaban J connectivity index is 2.25. The first-order valence-corrected chi connectivity index (χ1v) is 6.82. The van der Waals surface area contributed by atoms with Crippen LogP contribution in [0.1, 0.15) is 5.56 Å². The van der Waals surface area contributed by atoms with Gasteiger partial charge in [-0.3, -0.25) is 13.9 Å². The van der Waals surface area contributed by atoms with Gasteiger partial charge in [-0.15, -0.1) is 0 Å². The van der Waals surface area contributed by atoms with Crippen LogP contribution in [0.3, 0.4) is 0 Å². The molecule has 0 aliphatic heterocycles. The minimum absolute atomic E-state index is 0.171. The molecular weight excluding hydrogens is 311 g/mol. The molecule has 8 heteroatoms. The molecular formula is C14H12ClFN4O2. The lowest BCUT2D eigenvalue weighted by atomic mass is 10.2. The number of aryl methyl sites for hydroxylation is 2. The van der Waals surface area contributed by atoms with Gasteiger partial charge in [0, 0.05) is 24.7 Å². The van der Waals surface area contributed by atoms with E-state index in [-0.39, 0.29) is 22.6 Å². The highest BCUT2D eigenvalue weighted by atomic mass is 35.5. The smallest absolute Gasteiger partial charge is 0.328 e. The van der Waals surface area contributed by atoms with E-state index in [1.807, 2.05) is 0 Å². The lowest BCUT2D eigenvalue weighted by Gasteiger charge is -2.09. The van der Waals surface area contributed by atoms with Crippen molar-refractivity contribution in [2.24, 2.45) is 14.1 Å². The average Bonchev–Trinajstić information content (AvgIpc) is 2.85. The van der Waals surface area contributed by atoms with E-state index in [0.29, 0.717) is 5.65 Å². The molecule has 6 nitrogen and oxygen atoms in total. The molecule has 0 fully saturated rings. The predicted octanol–water partition coefficient (Wildman–Crippen LogP) is 1.27. The van der Waals surface area contributed by atoms with Crippen LogP contribution in [0.25, 0.3) is 11.2 Å². The third kappa shape index (κ3) is 2.14. The van der Waals surface area contributed by atoms with Gasteiger partial charge in [0.1, 0.15) is 5.82 Å². The molecule has 0 aliphatic carbocycles. The third-order valence-electron chi connectivity index (χ3n) is 3.54. The Labute approximate surface area is 129 Å². The summed E-state index contributed by atoms with van der Waals surface area (Å²) >= 11 is 5.71. The Morgan fingerprint density at radius 3 is 2.68 bits per heavy atom. The molecule has 0 amide bonds. The van der Waals surface area contributed by atoms with E-state index >= 15 is 0 Å². The standard InChI is InChI=1S/C14H12ClFN4O2/c1-18-7-17-12-11(18)13(21)20(14(22)19(12)2)6-8-3-4-9(15)5-10(8)16/h3-5,7H,6H2,1-2H3. The van der Waals surface area contributed by atoms with Crippen LogP contribution >= 0.6 is 11.6 Å². The normalized spacial score (nSPS) is 11.3. The van der Waals surface area contributed by atoms with Crippen molar-refractivity contribution in [3.05, 3.63) is 61.8 Å². The highest BCUT2D eigenvalue weighted by Gasteiger charge is 2.16. The fraction of sp³-hybridized carbons (Fsp3) is 0.214. The van der Waals surface area contributed by atoms with Crippen LogP contribution < -0.4 is 11.2 Å². The van der Waals surface area contributed by atoms with Gasteiger partial charge < -0.3 is 4.57 Å². The van der Waals surface area contributed by atoms with Gasteiger partial charge in [-0.05, 0) is 12.1 Å². The number of benzene rings is 1. The minimum Gasteiger partial charge on any atom is -0.328 e. The molecule has 3 rings (SSSR count). The molecule has 0 N–H and O–H groups in total. The molecule has 0 saturated heterocycles. The summed E-state index contributed by atoms with van der Waals surface area (Å²) in [5, 5.41) is 0.253. The average molecular weight is 323 g/mol. The predicted molar refractivity (Wildman–Crippen MR) is 80.7 cm³/mol. The summed E-state index contributed by atoms with van der Waals surface area (Å²) in [6.07, 6.45) is 1.46. The van der Waals surface area contributed by atoms with Gasteiger partial charge in [0.2, 0.25) is 0 Å². The monoisotopic (exact) mass is 322 g/mol. The highest BCUT2D eigenvalue weighted by molar-refractivity contribution is 6.30. The molecule has 114 valence electrons. The number of nitrogens with zero attached hydrogens (tertiary/aromatic N) is 4. The van der Waals surface area contributed by atoms with Crippen LogP contribution in [0.15, 0.2) is 34.1 Å². The van der Waals surface area contributed by atoms with Crippen LogP contribution in [-0.2, 0) is 20.6 Å². The van der Waals surface area contributed by atoms with Crippen molar-refractivity contribution >= 4 is 22.8 Å². The summed E-state index contributed by atoms with van der Waals surface area (Å²) in [5.74, 6) is -0.563. The maximum Gasteiger partial charge on any atom is 0.332 e. The molecule has 0 atom stereocenters. The topological polar surface area (TPSA) is 61.8 Å². The SMILES string of the molecule is Cn1cnc2c1c(=O)n(Cc1ccc(Cl)cc1F)c(=O)n2C. The molecule has 0 bridgehead atoms. The lowest BCUT2D eigenvalue weighted by molar-refractivity contribution is 0.582. The third-order valence-corrected chi connectivity index (χ3v) is 3.78. The van der Waals surface area contributed by atoms with Gasteiger partial charge in [0.15, 0.2) is 11.2 Å². The number of hydrogen-bond donors (Lipinski definition) is 0. The number of aromatic nitrogens is 4. The first-order chi connectivity index (χ1) is 10.4. The van der Waals surface area contributed by atoms with E-state index in [1.165, 1.54) is 34.6 Å². The number of halogens is 2. The van der Waals surface area contributed by atoms with Crippen molar-refractivity contribution in [2.75, 3.05) is 0 Å². The van der Waals surface area contributed by atoms with Gasteiger partial charge in [-0.2, -0.15) is 0 Å². The molecule has 0 aliphatic rings. The molecule has 3 aromatic rings. The Morgan fingerprint density at radius 1 is 1.27 bits per heavy atom. The van der Waals surface area contributed by atoms with Gasteiger partial charge in [-0.1, -0.05) is 17.7 Å². The van der Waals surface area contributed by atoms with E-state index in [2.05, 4.69) is 4.98 Å². The second kappa shape index (κ2) is 5.10. The van der Waals surface area contributed by atoms with E-state index < -0.39 is 17.1 Å². The summed E-state index contributed by atoms with van der Waals surface area (Å²) in [7, 11) is 3.18. The fourth-order valence-corrected chi connectivity index (χ4v) is 2.51. The molecule has 0 saturated carbocycles. The maximum atomic E-state index is 13.9. The highest BCUT2D eigenvalue weighted by Crippen LogP contribution is 2.15. The molecule has 0 unspecified atom stereocenters. The van der Waals surface area contributed by atoms with Crippen molar-refractivity contribution in [3.8, 4) is 0 Å². The lowest BCUT2D eigenvalue weighted by Crippen LogP contribution is -2.40. The summed E-state index contributed by atoms with van der Waals surface area (Å²) < 4.78 is 17.7. The van der Waals surface area contributed by atoms with Crippen molar-refractivity contribution in [3.63, 3.8) is 0 Å². The van der Waals surface area contributed by atoms with Crippen molar-refractivity contribution in [1.82, 2.24) is 18.7 Å². The quantitative estimate of drug-likeness (QED) is 0.714. The molecule has 1 aromatic carbocycles. The summed E-state index contributed by atoms with van der Waals surface area (Å²) in [6.45, 7) is -0.171. The van der Waals surface area contributed by atoms with Gasteiger partial charge in [0.25, 0.3) is 5.56 Å². The zero-order valence-corrected chi connectivity index (χ0v) is 12.6. The second-order valence-electron chi connectivity index (χ2n) is 5.00. The maximum absolute atomic E-state index is 13.9. The number of hydrogen-bond acceptors (Lipinski definition) is 3. The molecule has 0 spiro atoms. The number of rotatable bonds is 2. The molecule has 2 heterocycles. The van der Waals surface area contributed by atoms with E-state index in [4.69, 9.17) is 11.6 Å². The zero-order chi connectivity index (χ0) is 16.0. The van der Waals surface area contributed by atoms with E-state index in [1.54, 1.807) is 7.05 Å². The van der Waals surface area contributed by atoms with E-state index in [0.717, 1.165) is 10.6 Å². The van der Waals surface area contributed by atoms with E-state index in [9.17, 15) is 14.0 Å². The van der Waals surface area contributed by atoms with Crippen molar-refractivity contribution in [2.45, 2.75) is 6.54 Å². The van der Waals surface area contributed by atoms with Crippen LogP contribution in [0.5, 0.6) is 0 Å². The zero-order valence-electron chi connectivity index (χ0n) is 11.9. The summed E-state index contributed by atoms with van der Waals surface area (Å²) in [5.41, 5.74) is -0.259. The van der Waals surface area contributed by atoms with Crippen molar-refractivity contribution < 1.29 is 4.39 Å². The van der Waals surface area contributed by atoms with Crippen molar-refractivity contribution in [1.29, 1.82) is 0 Å². The molecule has 2 aromatic heterocycles. The minimum atomic E-state index is -0.563. The fourth-order valence-electron chi connectivity index (χ4n) is 2.36. The van der Waals surface area contributed by atoms with Crippen LogP contribution in [0.2, 0.25) is 5.02 Å².